The molecule has 1 aliphatic rings. The summed E-state index contributed by atoms with van der Waals surface area (Å²) in [6.45, 7) is 10.2. The van der Waals surface area contributed by atoms with Gasteiger partial charge in [-0.3, -0.25) is 4.98 Å². The number of pyridine rings is 2. The van der Waals surface area contributed by atoms with Crippen LogP contribution in [0.5, 0.6) is 11.6 Å². The van der Waals surface area contributed by atoms with Crippen LogP contribution in [0.1, 0.15) is 55.7 Å². The number of carboxylic acid groups (broad SMARTS) is 1. The number of nitrogens with zero attached hydrogens (tertiary/aromatic N) is 2. The molecule has 7 heteroatoms. The molecule has 0 saturated carbocycles. The summed E-state index contributed by atoms with van der Waals surface area (Å²) in [5.74, 6) is 0.371. The fourth-order valence-electron chi connectivity index (χ4n) is 5.50. The molecule has 41 heavy (non-hydrogen) atoms. The van der Waals surface area contributed by atoms with E-state index in [4.69, 9.17) is 19.2 Å². The van der Waals surface area contributed by atoms with Crippen molar-refractivity contribution in [2.24, 2.45) is 0 Å². The number of carbonyl (C=O) groups is 1. The van der Waals surface area contributed by atoms with Gasteiger partial charge >= 0.3 is 5.97 Å². The first-order chi connectivity index (χ1) is 19.6. The van der Waals surface area contributed by atoms with Crippen molar-refractivity contribution in [3.8, 4) is 45.1 Å². The molecule has 2 aromatic carbocycles. The minimum Gasteiger partial charge on any atom is -0.493 e. The van der Waals surface area contributed by atoms with Gasteiger partial charge in [-0.1, -0.05) is 24.3 Å². The smallest absolute Gasteiger partial charge is 0.337 e. The average Bonchev–Trinajstić information content (AvgIpc) is 2.96. The molecular weight excluding hydrogens is 516 g/mol. The van der Waals surface area contributed by atoms with Crippen molar-refractivity contribution in [1.29, 1.82) is 0 Å². The Balaban J connectivity index is 1.75. The number of aliphatic carboxylic acids is 1. The number of fused-ring (bicyclic) bond motifs is 1. The zero-order valence-electron chi connectivity index (χ0n) is 24.4. The lowest BCUT2D eigenvalue weighted by atomic mass is 9.87. The first kappa shape index (κ1) is 28.3. The molecule has 0 radical (unpaired) electrons. The van der Waals surface area contributed by atoms with Gasteiger partial charge in [0.05, 0.1) is 25.0 Å². The Bertz CT molecular complexity index is 1610. The van der Waals surface area contributed by atoms with Gasteiger partial charge in [-0.2, -0.15) is 0 Å². The number of hydrogen-bond acceptors (Lipinski definition) is 6. The first-order valence-corrected chi connectivity index (χ1v) is 13.8. The largest absolute Gasteiger partial charge is 0.493 e. The van der Waals surface area contributed by atoms with Crippen molar-refractivity contribution < 1.29 is 24.1 Å². The molecule has 7 nitrogen and oxygen atoms in total. The molecular formula is C34H36N2O5. The fraction of sp³-hybridized carbons (Fsp3) is 0.324. The molecule has 1 N–H and O–H groups in total. The van der Waals surface area contributed by atoms with Gasteiger partial charge in [-0.05, 0) is 106 Å². The number of aromatic nitrogens is 2. The third-order valence-corrected chi connectivity index (χ3v) is 7.24. The van der Waals surface area contributed by atoms with Crippen LogP contribution in [0.15, 0.2) is 60.8 Å². The monoisotopic (exact) mass is 552 g/mol. The Morgan fingerprint density at radius 2 is 1.80 bits per heavy atom. The number of aryl methyl sites for hydroxylation is 2. The molecule has 5 rings (SSSR count). The normalized spacial score (nSPS) is 13.7. The third kappa shape index (κ3) is 5.81. The van der Waals surface area contributed by atoms with E-state index in [0.29, 0.717) is 23.7 Å². The van der Waals surface area contributed by atoms with E-state index in [1.165, 1.54) is 0 Å². The minimum absolute atomic E-state index is 0.543. The highest BCUT2D eigenvalue weighted by molar-refractivity contribution is 5.86. The van der Waals surface area contributed by atoms with Gasteiger partial charge in [-0.15, -0.1) is 0 Å². The maximum absolute atomic E-state index is 12.7. The molecule has 0 bridgehead atoms. The Morgan fingerprint density at radius 3 is 2.54 bits per heavy atom. The first-order valence-electron chi connectivity index (χ1n) is 13.8. The standard InChI is InChI=1S/C34H36N2O5/c1-20-28(24-14-15-27-23(19-24)12-9-17-40-27)29(31(33(37)38)41-34(3,4)5)21(2)36-30(20)25-11-7-10-22(18-25)26-13-8-16-35-32(26)39-6/h7-8,10-11,13-16,18-19,31H,9,12,17H2,1-6H3,(H,37,38)/t31-/m0/s1. The Kier molecular flexibility index (Phi) is 7.82. The van der Waals surface area contributed by atoms with E-state index >= 15 is 0 Å². The number of ether oxygens (including phenoxy) is 3. The lowest BCUT2D eigenvalue weighted by Gasteiger charge is -2.29. The van der Waals surface area contributed by atoms with Gasteiger partial charge in [0.15, 0.2) is 6.10 Å². The molecule has 0 fully saturated rings. The van der Waals surface area contributed by atoms with Crippen LogP contribution in [0.3, 0.4) is 0 Å². The number of carboxylic acids is 1. The molecule has 0 saturated heterocycles. The number of methoxy groups -OCH3 is 1. The second-order valence-electron chi connectivity index (χ2n) is 11.3. The predicted molar refractivity (Wildman–Crippen MR) is 159 cm³/mol. The maximum atomic E-state index is 12.7. The van der Waals surface area contributed by atoms with Crippen molar-refractivity contribution in [3.63, 3.8) is 0 Å². The van der Waals surface area contributed by atoms with Crippen LogP contribution in [-0.2, 0) is 16.0 Å². The molecule has 4 aromatic rings. The molecule has 0 spiro atoms. The quantitative estimate of drug-likeness (QED) is 0.256. The summed E-state index contributed by atoms with van der Waals surface area (Å²) in [7, 11) is 1.61. The van der Waals surface area contributed by atoms with Crippen LogP contribution in [0.4, 0.5) is 0 Å². The van der Waals surface area contributed by atoms with Crippen molar-refractivity contribution in [2.45, 2.75) is 59.2 Å². The lowest BCUT2D eigenvalue weighted by molar-refractivity contribution is -0.160. The summed E-state index contributed by atoms with van der Waals surface area (Å²) in [5, 5.41) is 10.4. The van der Waals surface area contributed by atoms with E-state index in [1.54, 1.807) is 13.3 Å². The highest BCUT2D eigenvalue weighted by atomic mass is 16.5. The molecule has 3 heterocycles. The highest BCUT2D eigenvalue weighted by Crippen LogP contribution is 2.42. The Hall–Kier alpha value is -4.23. The van der Waals surface area contributed by atoms with E-state index in [2.05, 4.69) is 17.1 Å². The van der Waals surface area contributed by atoms with Crippen molar-refractivity contribution in [3.05, 3.63) is 83.2 Å². The van der Waals surface area contributed by atoms with Crippen molar-refractivity contribution in [2.75, 3.05) is 13.7 Å². The van der Waals surface area contributed by atoms with Gasteiger partial charge in [-0.25, -0.2) is 9.78 Å². The number of hydrogen-bond donors (Lipinski definition) is 1. The van der Waals surface area contributed by atoms with Gasteiger partial charge in [0.1, 0.15) is 5.75 Å². The third-order valence-electron chi connectivity index (χ3n) is 7.24. The maximum Gasteiger partial charge on any atom is 0.337 e. The molecule has 0 unspecified atom stereocenters. The SMILES string of the molecule is COc1ncccc1-c1cccc(-c2nc(C)c([C@H](OC(C)(C)C)C(=O)O)c(-c3ccc4c(c3)CCCO4)c2C)c1. The second-order valence-corrected chi connectivity index (χ2v) is 11.3. The molecule has 212 valence electrons. The van der Waals surface area contributed by atoms with Gasteiger partial charge < -0.3 is 19.3 Å². The zero-order chi connectivity index (χ0) is 29.3. The Labute approximate surface area is 241 Å². The summed E-state index contributed by atoms with van der Waals surface area (Å²) in [6.07, 6.45) is 2.36. The number of rotatable bonds is 7. The van der Waals surface area contributed by atoms with Crippen LogP contribution in [0.25, 0.3) is 33.5 Å². The summed E-state index contributed by atoms with van der Waals surface area (Å²) < 4.78 is 17.5. The summed E-state index contributed by atoms with van der Waals surface area (Å²) in [4.78, 5) is 22.1. The predicted octanol–water partition coefficient (Wildman–Crippen LogP) is 7.37. The molecule has 1 atom stereocenters. The summed E-state index contributed by atoms with van der Waals surface area (Å²) in [6, 6.07) is 18.1. The van der Waals surface area contributed by atoms with Gasteiger partial charge in [0.25, 0.3) is 0 Å². The second kappa shape index (κ2) is 11.3. The highest BCUT2D eigenvalue weighted by Gasteiger charge is 2.33. The fourth-order valence-corrected chi connectivity index (χ4v) is 5.50. The van der Waals surface area contributed by atoms with E-state index in [0.717, 1.165) is 63.2 Å². The topological polar surface area (TPSA) is 90.8 Å². The lowest BCUT2D eigenvalue weighted by Crippen LogP contribution is -2.28. The van der Waals surface area contributed by atoms with Crippen LogP contribution in [-0.4, -0.2) is 40.4 Å². The number of benzene rings is 2. The van der Waals surface area contributed by atoms with E-state index in [9.17, 15) is 9.90 Å². The van der Waals surface area contributed by atoms with Crippen molar-refractivity contribution in [1.82, 2.24) is 9.97 Å². The van der Waals surface area contributed by atoms with Crippen LogP contribution in [0, 0.1) is 13.8 Å². The summed E-state index contributed by atoms with van der Waals surface area (Å²) >= 11 is 0. The molecule has 0 amide bonds. The minimum atomic E-state index is -1.19. The van der Waals surface area contributed by atoms with Crippen molar-refractivity contribution >= 4 is 5.97 Å². The van der Waals surface area contributed by atoms with Crippen LogP contribution >= 0.6 is 0 Å². The van der Waals surface area contributed by atoms with Crippen LogP contribution in [0.2, 0.25) is 0 Å². The molecule has 0 aliphatic carbocycles. The summed E-state index contributed by atoms with van der Waals surface area (Å²) in [5.41, 5.74) is 7.73. The molecule has 2 aromatic heterocycles. The van der Waals surface area contributed by atoms with Gasteiger partial charge in [0, 0.05) is 28.6 Å². The van der Waals surface area contributed by atoms with Crippen LogP contribution < -0.4 is 9.47 Å². The van der Waals surface area contributed by atoms with E-state index < -0.39 is 17.7 Å². The van der Waals surface area contributed by atoms with E-state index in [1.807, 2.05) is 77.1 Å². The zero-order valence-corrected chi connectivity index (χ0v) is 24.4. The Morgan fingerprint density at radius 1 is 1.02 bits per heavy atom. The van der Waals surface area contributed by atoms with Gasteiger partial charge in [0.2, 0.25) is 5.88 Å². The molecule has 1 aliphatic heterocycles. The average molecular weight is 553 g/mol. The van der Waals surface area contributed by atoms with E-state index in [-0.39, 0.29) is 0 Å².